The van der Waals surface area contributed by atoms with E-state index in [4.69, 9.17) is 4.74 Å². The van der Waals surface area contributed by atoms with E-state index in [1.165, 1.54) is 0 Å². The number of aldehydes is 1. The molecule has 0 saturated carbocycles. The summed E-state index contributed by atoms with van der Waals surface area (Å²) in [5.41, 5.74) is 0. The predicted molar refractivity (Wildman–Crippen MR) is 51.4 cm³/mol. The number of hydrogen-bond donors (Lipinski definition) is 0. The third kappa shape index (κ3) is 2.10. The van der Waals surface area contributed by atoms with E-state index >= 15 is 0 Å². The van der Waals surface area contributed by atoms with Crippen molar-refractivity contribution in [3.8, 4) is 0 Å². The van der Waals surface area contributed by atoms with Crippen LogP contribution >= 0.6 is 0 Å². The van der Waals surface area contributed by atoms with E-state index in [9.17, 15) is 4.79 Å². The van der Waals surface area contributed by atoms with Gasteiger partial charge >= 0.3 is 0 Å². The Kier molecular flexibility index (Phi) is 3.48. The van der Waals surface area contributed by atoms with Gasteiger partial charge in [0.05, 0.1) is 13.2 Å². The summed E-state index contributed by atoms with van der Waals surface area (Å²) < 4.78 is 5.11. The van der Waals surface area contributed by atoms with Gasteiger partial charge in [0.15, 0.2) is 0 Å². The Morgan fingerprint density at radius 1 is 1.69 bits per heavy atom. The Morgan fingerprint density at radius 2 is 2.38 bits per heavy atom. The van der Waals surface area contributed by atoms with Gasteiger partial charge < -0.3 is 9.53 Å². The number of nitrogens with zero attached hydrogens (tertiary/aromatic N) is 1. The van der Waals surface area contributed by atoms with Crippen molar-refractivity contribution in [2.45, 2.75) is 31.3 Å². The number of methoxy groups -OCH3 is 1. The number of likely N-dealkylation sites (N-methyl/N-ethyl adjacent to an activating group) is 1. The van der Waals surface area contributed by atoms with Gasteiger partial charge in [-0.1, -0.05) is 6.58 Å². The molecular weight excluding hydrogens is 166 g/mol. The molecule has 2 atom stereocenters. The third-order valence-electron chi connectivity index (χ3n) is 2.84. The van der Waals surface area contributed by atoms with Crippen molar-refractivity contribution in [2.75, 3.05) is 14.2 Å². The van der Waals surface area contributed by atoms with Crippen LogP contribution in [0.2, 0.25) is 0 Å². The Hall–Kier alpha value is -0.830. The zero-order valence-corrected chi connectivity index (χ0v) is 8.32. The molecule has 13 heavy (non-hydrogen) atoms. The molecule has 1 heterocycles. The van der Waals surface area contributed by atoms with Crippen molar-refractivity contribution in [3.63, 3.8) is 0 Å². The van der Waals surface area contributed by atoms with Gasteiger partial charge in [0.1, 0.15) is 12.0 Å². The van der Waals surface area contributed by atoms with Crippen LogP contribution in [0, 0.1) is 0 Å². The summed E-state index contributed by atoms with van der Waals surface area (Å²) in [7, 11) is 3.67. The highest BCUT2D eigenvalue weighted by atomic mass is 16.5. The number of ether oxygens (including phenoxy) is 1. The molecule has 1 rings (SSSR count). The normalized spacial score (nSPS) is 28.8. The summed E-state index contributed by atoms with van der Waals surface area (Å²) in [6.07, 6.45) is 3.70. The standard InChI is InChI=1S/C10H17NO2/c1-8(13-3)10-5-4-9(6-7-12)11(10)2/h7,9-10H,1,4-6H2,2-3H3/t9-,10+/m0/s1. The maximum atomic E-state index is 10.4. The van der Waals surface area contributed by atoms with E-state index in [1.54, 1.807) is 7.11 Å². The molecule has 0 unspecified atom stereocenters. The number of likely N-dealkylation sites (tertiary alicyclic amines) is 1. The number of hydrogen-bond acceptors (Lipinski definition) is 3. The summed E-state index contributed by atoms with van der Waals surface area (Å²) in [5, 5.41) is 0. The fourth-order valence-corrected chi connectivity index (χ4v) is 1.93. The largest absolute Gasteiger partial charge is 0.500 e. The van der Waals surface area contributed by atoms with Crippen molar-refractivity contribution < 1.29 is 9.53 Å². The minimum atomic E-state index is 0.287. The van der Waals surface area contributed by atoms with Gasteiger partial charge in [-0.2, -0.15) is 0 Å². The molecule has 0 N–H and O–H groups in total. The van der Waals surface area contributed by atoms with E-state index in [-0.39, 0.29) is 6.04 Å². The van der Waals surface area contributed by atoms with Crippen molar-refractivity contribution in [1.29, 1.82) is 0 Å². The molecule has 0 aromatic heterocycles. The minimum Gasteiger partial charge on any atom is -0.500 e. The lowest BCUT2D eigenvalue weighted by Crippen LogP contribution is -2.33. The number of carbonyl (C=O) groups is 1. The molecular formula is C10H17NO2. The van der Waals surface area contributed by atoms with Gasteiger partial charge in [0, 0.05) is 12.5 Å². The Bertz CT molecular complexity index is 203. The predicted octanol–water partition coefficient (Wildman–Crippen LogP) is 1.20. The SMILES string of the molecule is C=C(OC)[C@H]1CC[C@@H](CC=O)N1C. The monoisotopic (exact) mass is 183 g/mol. The van der Waals surface area contributed by atoms with Gasteiger partial charge in [-0.15, -0.1) is 0 Å². The van der Waals surface area contributed by atoms with Crippen molar-refractivity contribution in [2.24, 2.45) is 0 Å². The molecule has 0 spiro atoms. The van der Waals surface area contributed by atoms with Crippen LogP contribution in [-0.2, 0) is 9.53 Å². The van der Waals surface area contributed by atoms with E-state index in [1.807, 2.05) is 7.05 Å². The van der Waals surface area contributed by atoms with Crippen LogP contribution in [0.3, 0.4) is 0 Å². The van der Waals surface area contributed by atoms with Crippen LogP contribution in [-0.4, -0.2) is 37.4 Å². The van der Waals surface area contributed by atoms with Crippen molar-refractivity contribution in [1.82, 2.24) is 4.90 Å². The zero-order valence-electron chi connectivity index (χ0n) is 8.32. The minimum absolute atomic E-state index is 0.287. The average molecular weight is 183 g/mol. The quantitative estimate of drug-likeness (QED) is 0.484. The van der Waals surface area contributed by atoms with Gasteiger partial charge in [-0.25, -0.2) is 0 Å². The molecule has 1 saturated heterocycles. The molecule has 3 heteroatoms. The molecule has 0 aliphatic carbocycles. The first-order chi connectivity index (χ1) is 6.20. The fourth-order valence-electron chi connectivity index (χ4n) is 1.93. The van der Waals surface area contributed by atoms with Crippen molar-refractivity contribution in [3.05, 3.63) is 12.3 Å². The molecule has 0 bridgehead atoms. The molecule has 3 nitrogen and oxygen atoms in total. The fraction of sp³-hybridized carbons (Fsp3) is 0.700. The molecule has 0 amide bonds. The maximum absolute atomic E-state index is 10.4. The molecule has 0 aromatic carbocycles. The van der Waals surface area contributed by atoms with Gasteiger partial charge in [-0.05, 0) is 19.9 Å². The second kappa shape index (κ2) is 4.42. The molecule has 1 fully saturated rings. The van der Waals surface area contributed by atoms with E-state index < -0.39 is 0 Å². The van der Waals surface area contributed by atoms with E-state index in [2.05, 4.69) is 11.5 Å². The average Bonchev–Trinajstić information content (AvgIpc) is 2.48. The lowest BCUT2D eigenvalue weighted by atomic mass is 10.1. The van der Waals surface area contributed by atoms with Crippen LogP contribution in [0.15, 0.2) is 12.3 Å². The van der Waals surface area contributed by atoms with E-state index in [0.29, 0.717) is 12.5 Å². The zero-order chi connectivity index (χ0) is 9.84. The lowest BCUT2D eigenvalue weighted by Gasteiger charge is -2.25. The Morgan fingerprint density at radius 3 is 2.92 bits per heavy atom. The van der Waals surface area contributed by atoms with Gasteiger partial charge in [0.25, 0.3) is 0 Å². The molecule has 0 radical (unpaired) electrons. The first kappa shape index (κ1) is 10.3. The van der Waals surface area contributed by atoms with E-state index in [0.717, 1.165) is 24.9 Å². The van der Waals surface area contributed by atoms with Crippen LogP contribution in [0.1, 0.15) is 19.3 Å². The molecule has 1 aliphatic heterocycles. The Labute approximate surface area is 79.4 Å². The van der Waals surface area contributed by atoms with Gasteiger partial charge in [0.2, 0.25) is 0 Å². The highest BCUT2D eigenvalue weighted by molar-refractivity contribution is 5.50. The van der Waals surface area contributed by atoms with Crippen LogP contribution in [0.25, 0.3) is 0 Å². The smallest absolute Gasteiger partial charge is 0.121 e. The summed E-state index contributed by atoms with van der Waals surface area (Å²) in [6, 6.07) is 0.657. The topological polar surface area (TPSA) is 29.5 Å². The first-order valence-electron chi connectivity index (χ1n) is 4.59. The number of carbonyl (C=O) groups excluding carboxylic acids is 1. The second-order valence-corrected chi connectivity index (χ2v) is 3.49. The molecule has 74 valence electrons. The van der Waals surface area contributed by atoms with Crippen LogP contribution in [0.5, 0.6) is 0 Å². The molecule has 1 aliphatic rings. The maximum Gasteiger partial charge on any atom is 0.121 e. The second-order valence-electron chi connectivity index (χ2n) is 3.49. The number of rotatable bonds is 4. The summed E-state index contributed by atoms with van der Waals surface area (Å²) in [5.74, 6) is 0.802. The third-order valence-corrected chi connectivity index (χ3v) is 2.84. The van der Waals surface area contributed by atoms with Crippen LogP contribution < -0.4 is 0 Å². The Balaban J connectivity index is 2.54. The summed E-state index contributed by atoms with van der Waals surface area (Å²) in [4.78, 5) is 12.6. The summed E-state index contributed by atoms with van der Waals surface area (Å²) in [6.45, 7) is 3.85. The highest BCUT2D eigenvalue weighted by Gasteiger charge is 2.32. The first-order valence-corrected chi connectivity index (χ1v) is 4.59. The van der Waals surface area contributed by atoms with Crippen molar-refractivity contribution >= 4 is 6.29 Å². The van der Waals surface area contributed by atoms with Crippen LogP contribution in [0.4, 0.5) is 0 Å². The summed E-state index contributed by atoms with van der Waals surface area (Å²) >= 11 is 0. The molecule has 0 aromatic rings. The highest BCUT2D eigenvalue weighted by Crippen LogP contribution is 2.27. The van der Waals surface area contributed by atoms with Gasteiger partial charge in [-0.3, -0.25) is 4.90 Å². The lowest BCUT2D eigenvalue weighted by molar-refractivity contribution is -0.108.